The van der Waals surface area contributed by atoms with Gasteiger partial charge in [-0.2, -0.15) is 0 Å². The van der Waals surface area contributed by atoms with E-state index in [-0.39, 0.29) is 11.9 Å². The average Bonchev–Trinajstić information content (AvgIpc) is 2.29. The van der Waals surface area contributed by atoms with Crippen molar-refractivity contribution in [2.45, 2.75) is 13.3 Å². The van der Waals surface area contributed by atoms with Gasteiger partial charge in [0.25, 0.3) is 0 Å². The van der Waals surface area contributed by atoms with Crippen LogP contribution in [0.25, 0.3) is 0 Å². The smallest absolute Gasteiger partial charge is 0.333 e. The number of esters is 1. The number of ether oxygens (including phenoxy) is 1. The fourth-order valence-corrected chi connectivity index (χ4v) is 1.16. The Morgan fingerprint density at radius 1 is 1.44 bits per heavy atom. The number of hydrogen-bond donors (Lipinski definition) is 1. The highest BCUT2D eigenvalue weighted by molar-refractivity contribution is 5.88. The second-order valence-corrected chi connectivity index (χ2v) is 3.44. The SMILES string of the molecule is CCC(=CCN(C)CC(=O)NC)C(=O)OC. The largest absolute Gasteiger partial charge is 0.466 e. The summed E-state index contributed by atoms with van der Waals surface area (Å²) in [6.07, 6.45) is 2.41. The highest BCUT2D eigenvalue weighted by atomic mass is 16.5. The first-order valence-electron chi connectivity index (χ1n) is 5.21. The molecule has 0 atom stereocenters. The molecule has 1 amide bonds. The molecule has 0 heterocycles. The third-order valence-electron chi connectivity index (χ3n) is 2.17. The Morgan fingerprint density at radius 3 is 2.50 bits per heavy atom. The summed E-state index contributed by atoms with van der Waals surface area (Å²) in [5.74, 6) is -0.358. The van der Waals surface area contributed by atoms with Crippen molar-refractivity contribution in [1.29, 1.82) is 0 Å². The molecular weight excluding hydrogens is 208 g/mol. The van der Waals surface area contributed by atoms with Gasteiger partial charge in [0.2, 0.25) is 5.91 Å². The minimum atomic E-state index is -0.309. The van der Waals surface area contributed by atoms with Gasteiger partial charge in [0.05, 0.1) is 13.7 Å². The first-order chi connectivity index (χ1) is 7.54. The summed E-state index contributed by atoms with van der Waals surface area (Å²) in [4.78, 5) is 24.1. The molecule has 0 aromatic carbocycles. The van der Waals surface area contributed by atoms with Crippen LogP contribution in [0.1, 0.15) is 13.3 Å². The van der Waals surface area contributed by atoms with Crippen LogP contribution in [-0.4, -0.2) is 51.1 Å². The zero-order valence-corrected chi connectivity index (χ0v) is 10.4. The number of amides is 1. The van der Waals surface area contributed by atoms with Crippen LogP contribution in [0.4, 0.5) is 0 Å². The molecule has 0 saturated carbocycles. The lowest BCUT2D eigenvalue weighted by atomic mass is 10.2. The van der Waals surface area contributed by atoms with E-state index in [9.17, 15) is 9.59 Å². The predicted molar refractivity (Wildman–Crippen MR) is 62.0 cm³/mol. The summed E-state index contributed by atoms with van der Waals surface area (Å²) in [6, 6.07) is 0. The van der Waals surface area contributed by atoms with E-state index in [0.29, 0.717) is 25.1 Å². The minimum Gasteiger partial charge on any atom is -0.466 e. The Hall–Kier alpha value is -1.36. The first kappa shape index (κ1) is 14.6. The molecule has 5 heteroatoms. The fourth-order valence-electron chi connectivity index (χ4n) is 1.16. The number of nitrogens with zero attached hydrogens (tertiary/aromatic N) is 1. The first-order valence-corrected chi connectivity index (χ1v) is 5.21. The summed E-state index contributed by atoms with van der Waals surface area (Å²) in [6.45, 7) is 2.75. The van der Waals surface area contributed by atoms with Crippen LogP contribution in [-0.2, 0) is 14.3 Å². The van der Waals surface area contributed by atoms with Gasteiger partial charge in [-0.3, -0.25) is 9.69 Å². The minimum absolute atomic E-state index is 0.0491. The molecule has 0 aromatic heterocycles. The van der Waals surface area contributed by atoms with Crippen LogP contribution in [0.15, 0.2) is 11.6 Å². The standard InChI is InChI=1S/C11H20N2O3/c1-5-9(11(15)16-4)6-7-13(3)8-10(14)12-2/h6H,5,7-8H2,1-4H3,(H,12,14). The highest BCUT2D eigenvalue weighted by Crippen LogP contribution is 2.02. The zero-order valence-electron chi connectivity index (χ0n) is 10.4. The van der Waals surface area contributed by atoms with Gasteiger partial charge in [-0.25, -0.2) is 4.79 Å². The topological polar surface area (TPSA) is 58.6 Å². The molecule has 0 radical (unpaired) electrons. The zero-order chi connectivity index (χ0) is 12.6. The number of nitrogens with one attached hydrogen (secondary N) is 1. The lowest BCUT2D eigenvalue weighted by Gasteiger charge is -2.13. The average molecular weight is 228 g/mol. The molecule has 0 spiro atoms. The number of rotatable bonds is 6. The predicted octanol–water partition coefficient (Wildman–Crippen LogP) is 0.174. The van der Waals surface area contributed by atoms with E-state index in [4.69, 9.17) is 0 Å². The molecule has 0 bridgehead atoms. The molecule has 0 unspecified atom stereocenters. The van der Waals surface area contributed by atoms with E-state index in [1.54, 1.807) is 13.1 Å². The highest BCUT2D eigenvalue weighted by Gasteiger charge is 2.08. The quantitative estimate of drug-likeness (QED) is 0.520. The summed E-state index contributed by atoms with van der Waals surface area (Å²) >= 11 is 0. The van der Waals surface area contributed by atoms with Crippen molar-refractivity contribution in [1.82, 2.24) is 10.2 Å². The molecular formula is C11H20N2O3. The van der Waals surface area contributed by atoms with Crippen LogP contribution in [0.3, 0.4) is 0 Å². The monoisotopic (exact) mass is 228 g/mol. The third kappa shape index (κ3) is 5.50. The van der Waals surface area contributed by atoms with E-state index in [2.05, 4.69) is 10.1 Å². The normalized spacial score (nSPS) is 11.4. The van der Waals surface area contributed by atoms with Gasteiger partial charge in [0.1, 0.15) is 0 Å². The van der Waals surface area contributed by atoms with Crippen LogP contribution in [0.5, 0.6) is 0 Å². The van der Waals surface area contributed by atoms with Crippen molar-refractivity contribution in [3.8, 4) is 0 Å². The van der Waals surface area contributed by atoms with Gasteiger partial charge < -0.3 is 10.1 Å². The van der Waals surface area contributed by atoms with Gasteiger partial charge in [0.15, 0.2) is 0 Å². The van der Waals surface area contributed by atoms with Gasteiger partial charge in [-0.05, 0) is 13.5 Å². The summed E-state index contributed by atoms with van der Waals surface area (Å²) < 4.78 is 4.63. The van der Waals surface area contributed by atoms with E-state index < -0.39 is 0 Å². The maximum atomic E-state index is 11.2. The molecule has 0 aromatic rings. The van der Waals surface area contributed by atoms with Crippen molar-refractivity contribution in [3.63, 3.8) is 0 Å². The summed E-state index contributed by atoms with van der Waals surface area (Å²) in [5.41, 5.74) is 0.631. The van der Waals surface area contributed by atoms with E-state index >= 15 is 0 Å². The summed E-state index contributed by atoms with van der Waals surface area (Å²) in [7, 11) is 4.77. The molecule has 0 aliphatic rings. The molecule has 0 saturated heterocycles. The van der Waals surface area contributed by atoms with Crippen LogP contribution < -0.4 is 5.32 Å². The second-order valence-electron chi connectivity index (χ2n) is 3.44. The fraction of sp³-hybridized carbons (Fsp3) is 0.636. The van der Waals surface area contributed by atoms with E-state index in [0.717, 1.165) is 0 Å². The van der Waals surface area contributed by atoms with Gasteiger partial charge >= 0.3 is 5.97 Å². The Balaban J connectivity index is 4.22. The van der Waals surface area contributed by atoms with Crippen molar-refractivity contribution >= 4 is 11.9 Å². The van der Waals surface area contributed by atoms with Crippen molar-refractivity contribution in [2.75, 3.05) is 34.3 Å². The third-order valence-corrected chi connectivity index (χ3v) is 2.17. The number of carbonyl (C=O) groups excluding carboxylic acids is 2. The molecule has 0 aliphatic heterocycles. The molecule has 92 valence electrons. The number of likely N-dealkylation sites (N-methyl/N-ethyl adjacent to an activating group) is 2. The molecule has 16 heavy (non-hydrogen) atoms. The second kappa shape index (κ2) is 7.87. The van der Waals surface area contributed by atoms with E-state index in [1.165, 1.54) is 7.11 Å². The van der Waals surface area contributed by atoms with Crippen molar-refractivity contribution in [3.05, 3.63) is 11.6 Å². The maximum Gasteiger partial charge on any atom is 0.333 e. The van der Waals surface area contributed by atoms with Crippen molar-refractivity contribution < 1.29 is 14.3 Å². The van der Waals surface area contributed by atoms with Gasteiger partial charge in [-0.15, -0.1) is 0 Å². The Labute approximate surface area is 96.4 Å². The molecule has 0 fully saturated rings. The lowest BCUT2D eigenvalue weighted by molar-refractivity contribution is -0.136. The van der Waals surface area contributed by atoms with Crippen LogP contribution in [0.2, 0.25) is 0 Å². The Kier molecular flexibility index (Phi) is 7.20. The maximum absolute atomic E-state index is 11.2. The Morgan fingerprint density at radius 2 is 2.06 bits per heavy atom. The molecule has 0 aliphatic carbocycles. The van der Waals surface area contributed by atoms with Crippen LogP contribution >= 0.6 is 0 Å². The molecule has 5 nitrogen and oxygen atoms in total. The Bertz CT molecular complexity index is 274. The van der Waals surface area contributed by atoms with E-state index in [1.807, 2.05) is 18.9 Å². The van der Waals surface area contributed by atoms with Gasteiger partial charge in [-0.1, -0.05) is 13.0 Å². The van der Waals surface area contributed by atoms with Crippen molar-refractivity contribution in [2.24, 2.45) is 0 Å². The molecule has 1 N–H and O–H groups in total. The van der Waals surface area contributed by atoms with Crippen LogP contribution in [0, 0.1) is 0 Å². The molecule has 0 rings (SSSR count). The van der Waals surface area contributed by atoms with Gasteiger partial charge in [0, 0.05) is 19.2 Å². The number of carbonyl (C=O) groups is 2. The lowest BCUT2D eigenvalue weighted by Crippen LogP contribution is -2.33. The number of methoxy groups -OCH3 is 1. The summed E-state index contributed by atoms with van der Waals surface area (Å²) in [5, 5.41) is 2.54. The number of hydrogen-bond acceptors (Lipinski definition) is 4.